The Morgan fingerprint density at radius 1 is 1.62 bits per heavy atom. The lowest BCUT2D eigenvalue weighted by Crippen LogP contribution is -2.39. The molecule has 1 amide bonds. The van der Waals surface area contributed by atoms with Crippen LogP contribution in [0.5, 0.6) is 0 Å². The van der Waals surface area contributed by atoms with Crippen molar-refractivity contribution in [1.29, 1.82) is 5.26 Å². The van der Waals surface area contributed by atoms with Gasteiger partial charge >= 0.3 is 0 Å². The van der Waals surface area contributed by atoms with E-state index in [1.165, 1.54) is 0 Å². The minimum absolute atomic E-state index is 0.109. The first-order chi connectivity index (χ1) is 7.54. The van der Waals surface area contributed by atoms with Crippen LogP contribution in [0.15, 0.2) is 24.3 Å². The van der Waals surface area contributed by atoms with Gasteiger partial charge < -0.3 is 10.6 Å². The summed E-state index contributed by atoms with van der Waals surface area (Å²) in [7, 11) is 1.70. The number of likely N-dealkylation sites (N-methyl/N-ethyl adjacent to an activating group) is 1. The van der Waals surface area contributed by atoms with Crippen molar-refractivity contribution >= 4 is 5.91 Å². The second-order valence-corrected chi connectivity index (χ2v) is 3.80. The Hall–Kier alpha value is -1.86. The van der Waals surface area contributed by atoms with Crippen molar-refractivity contribution in [2.75, 3.05) is 7.05 Å². The molecule has 1 aromatic carbocycles. The average Bonchev–Trinajstić information content (AvgIpc) is 2.28. The molecule has 1 rings (SSSR count). The number of hydrogen-bond acceptors (Lipinski definition) is 3. The van der Waals surface area contributed by atoms with E-state index in [1.807, 2.05) is 6.07 Å². The predicted molar refractivity (Wildman–Crippen MR) is 61.3 cm³/mol. The maximum atomic E-state index is 11.5. The van der Waals surface area contributed by atoms with E-state index in [4.69, 9.17) is 11.0 Å². The maximum absolute atomic E-state index is 11.5. The molecule has 84 valence electrons. The van der Waals surface area contributed by atoms with Crippen LogP contribution in [0.4, 0.5) is 0 Å². The van der Waals surface area contributed by atoms with Gasteiger partial charge in [0.15, 0.2) is 0 Å². The summed E-state index contributed by atoms with van der Waals surface area (Å²) in [6.45, 7) is 2.13. The van der Waals surface area contributed by atoms with Crippen LogP contribution in [0.3, 0.4) is 0 Å². The van der Waals surface area contributed by atoms with Gasteiger partial charge in [0.2, 0.25) is 5.91 Å². The molecule has 4 nitrogen and oxygen atoms in total. The van der Waals surface area contributed by atoms with Gasteiger partial charge in [0.05, 0.1) is 17.7 Å². The van der Waals surface area contributed by atoms with Crippen LogP contribution in [-0.2, 0) is 11.3 Å². The standard InChI is InChI=1S/C12H15N3O/c1-9(14)12(16)15(2)8-11-5-3-4-10(6-11)7-13/h3-6,9H,8,14H2,1-2H3/t9-/m1/s1. The summed E-state index contributed by atoms with van der Waals surface area (Å²) in [6.07, 6.45) is 0. The van der Waals surface area contributed by atoms with E-state index < -0.39 is 6.04 Å². The Labute approximate surface area is 95.3 Å². The minimum Gasteiger partial charge on any atom is -0.340 e. The van der Waals surface area contributed by atoms with Crippen LogP contribution >= 0.6 is 0 Å². The molecule has 0 aliphatic carbocycles. The van der Waals surface area contributed by atoms with E-state index >= 15 is 0 Å². The lowest BCUT2D eigenvalue weighted by molar-refractivity contribution is -0.131. The smallest absolute Gasteiger partial charge is 0.239 e. The Balaban J connectivity index is 2.74. The van der Waals surface area contributed by atoms with E-state index in [0.717, 1.165) is 5.56 Å². The molecular formula is C12H15N3O. The van der Waals surface area contributed by atoms with Crippen molar-refractivity contribution < 1.29 is 4.79 Å². The van der Waals surface area contributed by atoms with E-state index in [0.29, 0.717) is 12.1 Å². The Morgan fingerprint density at radius 3 is 2.88 bits per heavy atom. The van der Waals surface area contributed by atoms with Gasteiger partial charge in [0.1, 0.15) is 0 Å². The van der Waals surface area contributed by atoms with E-state index in [-0.39, 0.29) is 5.91 Å². The molecule has 0 saturated heterocycles. The summed E-state index contributed by atoms with van der Waals surface area (Å²) in [4.78, 5) is 13.1. The molecule has 0 fully saturated rings. The number of nitrogens with zero attached hydrogens (tertiary/aromatic N) is 2. The van der Waals surface area contributed by atoms with Gasteiger partial charge in [0.25, 0.3) is 0 Å². The number of amides is 1. The molecule has 16 heavy (non-hydrogen) atoms. The van der Waals surface area contributed by atoms with Gasteiger partial charge in [-0.3, -0.25) is 4.79 Å². The fraction of sp³-hybridized carbons (Fsp3) is 0.333. The molecule has 0 spiro atoms. The molecule has 0 aromatic heterocycles. The third-order valence-electron chi connectivity index (χ3n) is 2.24. The quantitative estimate of drug-likeness (QED) is 0.816. The van der Waals surface area contributed by atoms with Crippen LogP contribution in [-0.4, -0.2) is 23.9 Å². The van der Waals surface area contributed by atoms with Crippen LogP contribution in [0.25, 0.3) is 0 Å². The summed E-state index contributed by atoms with van der Waals surface area (Å²) < 4.78 is 0. The van der Waals surface area contributed by atoms with E-state index in [9.17, 15) is 4.79 Å². The van der Waals surface area contributed by atoms with Crippen LogP contribution in [0.2, 0.25) is 0 Å². The zero-order valence-corrected chi connectivity index (χ0v) is 9.47. The van der Waals surface area contributed by atoms with Crippen molar-refractivity contribution in [2.24, 2.45) is 5.73 Å². The molecule has 0 heterocycles. The fourth-order valence-corrected chi connectivity index (χ4v) is 1.44. The summed E-state index contributed by atoms with van der Waals surface area (Å²) in [5.41, 5.74) is 7.03. The highest BCUT2D eigenvalue weighted by atomic mass is 16.2. The third kappa shape index (κ3) is 3.07. The lowest BCUT2D eigenvalue weighted by Gasteiger charge is -2.19. The van der Waals surface area contributed by atoms with Crippen molar-refractivity contribution in [3.63, 3.8) is 0 Å². The second-order valence-electron chi connectivity index (χ2n) is 3.80. The van der Waals surface area contributed by atoms with Crippen molar-refractivity contribution in [1.82, 2.24) is 4.90 Å². The normalized spacial score (nSPS) is 11.6. The average molecular weight is 217 g/mol. The van der Waals surface area contributed by atoms with Crippen LogP contribution in [0, 0.1) is 11.3 Å². The number of benzene rings is 1. The highest BCUT2D eigenvalue weighted by Gasteiger charge is 2.13. The number of rotatable bonds is 3. The molecule has 1 aromatic rings. The van der Waals surface area contributed by atoms with E-state index in [2.05, 4.69) is 6.07 Å². The molecule has 2 N–H and O–H groups in total. The molecule has 1 atom stereocenters. The minimum atomic E-state index is -0.496. The van der Waals surface area contributed by atoms with Gasteiger partial charge in [-0.15, -0.1) is 0 Å². The van der Waals surface area contributed by atoms with Gasteiger partial charge in [-0.2, -0.15) is 5.26 Å². The first-order valence-electron chi connectivity index (χ1n) is 5.04. The molecule has 0 bridgehead atoms. The van der Waals surface area contributed by atoms with Crippen molar-refractivity contribution in [3.8, 4) is 6.07 Å². The van der Waals surface area contributed by atoms with Gasteiger partial charge in [-0.1, -0.05) is 12.1 Å². The molecule has 4 heteroatoms. The summed E-state index contributed by atoms with van der Waals surface area (Å²) in [5.74, 6) is -0.109. The fourth-order valence-electron chi connectivity index (χ4n) is 1.44. The highest BCUT2D eigenvalue weighted by Crippen LogP contribution is 2.07. The zero-order valence-electron chi connectivity index (χ0n) is 9.47. The summed E-state index contributed by atoms with van der Waals surface area (Å²) in [5, 5.41) is 8.74. The monoisotopic (exact) mass is 217 g/mol. The molecule has 0 aliphatic rings. The molecule has 0 radical (unpaired) electrons. The molecule has 0 aliphatic heterocycles. The first-order valence-corrected chi connectivity index (χ1v) is 5.04. The first kappa shape index (κ1) is 12.2. The van der Waals surface area contributed by atoms with Crippen molar-refractivity contribution in [2.45, 2.75) is 19.5 Å². The Kier molecular flexibility index (Phi) is 4.03. The van der Waals surface area contributed by atoms with Gasteiger partial charge in [-0.05, 0) is 24.6 Å². The number of nitriles is 1. The number of carbonyl (C=O) groups is 1. The molecule has 0 saturated carbocycles. The topological polar surface area (TPSA) is 70.1 Å². The number of nitrogens with two attached hydrogens (primary N) is 1. The number of carbonyl (C=O) groups excluding carboxylic acids is 1. The lowest BCUT2D eigenvalue weighted by atomic mass is 10.1. The predicted octanol–water partition coefficient (Wildman–Crippen LogP) is 0.864. The highest BCUT2D eigenvalue weighted by molar-refractivity contribution is 5.80. The largest absolute Gasteiger partial charge is 0.340 e. The Morgan fingerprint density at radius 2 is 2.31 bits per heavy atom. The summed E-state index contributed by atoms with van der Waals surface area (Å²) in [6, 6.07) is 8.75. The van der Waals surface area contributed by atoms with Gasteiger partial charge in [0, 0.05) is 13.6 Å². The Bertz CT molecular complexity index is 421. The van der Waals surface area contributed by atoms with Gasteiger partial charge in [-0.25, -0.2) is 0 Å². The summed E-state index contributed by atoms with van der Waals surface area (Å²) >= 11 is 0. The SMILES string of the molecule is C[C@@H](N)C(=O)N(C)Cc1cccc(C#N)c1. The molecule has 0 unspecified atom stereocenters. The molecular weight excluding hydrogens is 202 g/mol. The third-order valence-corrected chi connectivity index (χ3v) is 2.24. The number of hydrogen-bond donors (Lipinski definition) is 1. The van der Waals surface area contributed by atoms with Crippen LogP contribution in [0.1, 0.15) is 18.1 Å². The zero-order chi connectivity index (χ0) is 12.1. The van der Waals surface area contributed by atoms with Crippen LogP contribution < -0.4 is 5.73 Å². The second kappa shape index (κ2) is 5.29. The maximum Gasteiger partial charge on any atom is 0.239 e. The van der Waals surface area contributed by atoms with Crippen molar-refractivity contribution in [3.05, 3.63) is 35.4 Å². The van der Waals surface area contributed by atoms with E-state index in [1.54, 1.807) is 37.1 Å².